The quantitative estimate of drug-likeness (QED) is 0.926. The summed E-state index contributed by atoms with van der Waals surface area (Å²) in [5, 5.41) is 10.2. The minimum Gasteiger partial charge on any atom is -0.384 e. The third-order valence-electron chi connectivity index (χ3n) is 2.88. The van der Waals surface area contributed by atoms with E-state index in [1.54, 1.807) is 37.4 Å². The van der Waals surface area contributed by atoms with Crippen LogP contribution in [0.1, 0.15) is 22.8 Å². The van der Waals surface area contributed by atoms with E-state index in [0.29, 0.717) is 16.6 Å². The van der Waals surface area contributed by atoms with E-state index in [1.807, 2.05) is 12.1 Å². The highest BCUT2D eigenvalue weighted by Crippen LogP contribution is 2.28. The van der Waals surface area contributed by atoms with E-state index >= 15 is 0 Å². The van der Waals surface area contributed by atoms with Gasteiger partial charge in [-0.1, -0.05) is 36.4 Å². The van der Waals surface area contributed by atoms with E-state index in [9.17, 15) is 9.50 Å². The van der Waals surface area contributed by atoms with E-state index < -0.39 is 11.9 Å². The van der Waals surface area contributed by atoms with Gasteiger partial charge in [0.05, 0.1) is 11.1 Å². The van der Waals surface area contributed by atoms with Gasteiger partial charge in [0.25, 0.3) is 0 Å². The predicted molar refractivity (Wildman–Crippen MR) is 75.3 cm³/mol. The largest absolute Gasteiger partial charge is 0.384 e. The predicted octanol–water partition coefficient (Wildman–Crippen LogP) is 3.82. The number of aliphatic hydroxyl groups excluding tert-OH is 1. The first kappa shape index (κ1) is 14.2. The summed E-state index contributed by atoms with van der Waals surface area (Å²) in [5.74, 6) is -0.434. The molecule has 1 atom stereocenters. The van der Waals surface area contributed by atoms with Crippen LogP contribution in [0, 0.1) is 5.82 Å². The molecule has 19 heavy (non-hydrogen) atoms. The van der Waals surface area contributed by atoms with Crippen molar-refractivity contribution in [1.29, 1.82) is 0 Å². The van der Waals surface area contributed by atoms with Crippen molar-refractivity contribution in [1.82, 2.24) is 0 Å². The fourth-order valence-corrected chi connectivity index (χ4v) is 2.26. The molecule has 0 heterocycles. The summed E-state index contributed by atoms with van der Waals surface area (Å²) in [6, 6.07) is 12.2. The van der Waals surface area contributed by atoms with Crippen molar-refractivity contribution in [2.24, 2.45) is 0 Å². The molecule has 0 aromatic heterocycles. The highest BCUT2D eigenvalue weighted by atomic mass is 79.9. The fourth-order valence-electron chi connectivity index (χ4n) is 1.87. The lowest BCUT2D eigenvalue weighted by atomic mass is 10.00. The molecular formula is C15H14BrFO2. The van der Waals surface area contributed by atoms with Crippen LogP contribution in [0.4, 0.5) is 4.39 Å². The Kier molecular flexibility index (Phi) is 4.69. The van der Waals surface area contributed by atoms with Crippen LogP contribution in [0.3, 0.4) is 0 Å². The molecule has 1 N–H and O–H groups in total. The van der Waals surface area contributed by atoms with Crippen LogP contribution in [-0.2, 0) is 11.3 Å². The lowest BCUT2D eigenvalue weighted by Gasteiger charge is -2.13. The van der Waals surface area contributed by atoms with Crippen LogP contribution >= 0.6 is 15.9 Å². The summed E-state index contributed by atoms with van der Waals surface area (Å²) in [6.07, 6.45) is -0.978. The summed E-state index contributed by atoms with van der Waals surface area (Å²) < 4.78 is 19.3. The molecule has 0 spiro atoms. The maximum Gasteiger partial charge on any atom is 0.143 e. The summed E-state index contributed by atoms with van der Waals surface area (Å²) in [6.45, 7) is 0.515. The highest BCUT2D eigenvalue weighted by Gasteiger charge is 2.16. The molecule has 0 aliphatic heterocycles. The topological polar surface area (TPSA) is 29.5 Å². The van der Waals surface area contributed by atoms with E-state index in [0.717, 1.165) is 5.56 Å². The molecule has 1 unspecified atom stereocenters. The average Bonchev–Trinajstić information content (AvgIpc) is 2.42. The fraction of sp³-hybridized carbons (Fsp3) is 0.200. The second kappa shape index (κ2) is 6.28. The van der Waals surface area contributed by atoms with Crippen molar-refractivity contribution < 1.29 is 14.2 Å². The molecule has 4 heteroatoms. The van der Waals surface area contributed by atoms with Crippen LogP contribution in [0.5, 0.6) is 0 Å². The molecule has 0 saturated heterocycles. The number of aliphatic hydroxyl groups is 1. The van der Waals surface area contributed by atoms with Gasteiger partial charge >= 0.3 is 0 Å². The molecule has 0 amide bonds. The molecule has 0 bridgehead atoms. The van der Waals surface area contributed by atoms with Crippen LogP contribution in [0.25, 0.3) is 0 Å². The van der Waals surface area contributed by atoms with Crippen LogP contribution in [-0.4, -0.2) is 12.2 Å². The number of hydrogen-bond donors (Lipinski definition) is 1. The van der Waals surface area contributed by atoms with Crippen molar-refractivity contribution in [3.8, 4) is 0 Å². The van der Waals surface area contributed by atoms with Gasteiger partial charge in [-0.05, 0) is 33.1 Å². The number of ether oxygens (including phenoxy) is 1. The van der Waals surface area contributed by atoms with E-state index in [-0.39, 0.29) is 5.56 Å². The maximum atomic E-state index is 13.9. The molecule has 0 aliphatic carbocycles. The maximum absolute atomic E-state index is 13.9. The first-order valence-electron chi connectivity index (χ1n) is 5.83. The molecular weight excluding hydrogens is 311 g/mol. The molecule has 0 fully saturated rings. The van der Waals surface area contributed by atoms with Gasteiger partial charge in [0, 0.05) is 12.7 Å². The summed E-state index contributed by atoms with van der Waals surface area (Å²) in [5.41, 5.74) is 1.92. The van der Waals surface area contributed by atoms with Gasteiger partial charge in [-0.25, -0.2) is 4.39 Å². The Hall–Kier alpha value is -1.23. The minimum absolute atomic E-state index is 0.258. The third-order valence-corrected chi connectivity index (χ3v) is 3.49. The van der Waals surface area contributed by atoms with Crippen molar-refractivity contribution >= 4 is 15.9 Å². The number of hydrogen-bond acceptors (Lipinski definition) is 2. The normalized spacial score (nSPS) is 12.4. The Balaban J connectivity index is 2.28. The average molecular weight is 325 g/mol. The Bertz CT molecular complexity index is 555. The van der Waals surface area contributed by atoms with E-state index in [2.05, 4.69) is 15.9 Å². The van der Waals surface area contributed by atoms with Crippen LogP contribution in [0.15, 0.2) is 46.9 Å². The van der Waals surface area contributed by atoms with Gasteiger partial charge in [0.2, 0.25) is 0 Å². The van der Waals surface area contributed by atoms with Gasteiger partial charge in [0.1, 0.15) is 11.9 Å². The molecule has 0 radical (unpaired) electrons. The zero-order chi connectivity index (χ0) is 13.8. The zero-order valence-corrected chi connectivity index (χ0v) is 12.0. The lowest BCUT2D eigenvalue weighted by molar-refractivity contribution is 0.184. The zero-order valence-electron chi connectivity index (χ0n) is 10.4. The number of rotatable bonds is 4. The highest BCUT2D eigenvalue weighted by molar-refractivity contribution is 9.10. The Morgan fingerprint density at radius 3 is 2.53 bits per heavy atom. The molecule has 0 saturated carbocycles. The summed E-state index contributed by atoms with van der Waals surface area (Å²) in [7, 11) is 1.62. The molecule has 2 aromatic carbocycles. The Morgan fingerprint density at radius 2 is 1.89 bits per heavy atom. The standard InChI is InChI=1S/C15H14BrFO2/c1-19-9-10-5-7-11(8-6-10)15(18)12-3-2-4-13(16)14(12)17/h2-8,15,18H,9H2,1H3. The van der Waals surface area contributed by atoms with Gasteiger partial charge < -0.3 is 9.84 Å². The monoisotopic (exact) mass is 324 g/mol. The van der Waals surface area contributed by atoms with Crippen LogP contribution in [0.2, 0.25) is 0 Å². The molecule has 100 valence electrons. The van der Waals surface area contributed by atoms with E-state index in [1.165, 1.54) is 0 Å². The molecule has 2 nitrogen and oxygen atoms in total. The SMILES string of the molecule is COCc1ccc(C(O)c2cccc(Br)c2F)cc1. The van der Waals surface area contributed by atoms with Crippen LogP contribution < -0.4 is 0 Å². The third kappa shape index (κ3) is 3.21. The van der Waals surface area contributed by atoms with Gasteiger partial charge in [-0.3, -0.25) is 0 Å². The van der Waals surface area contributed by atoms with Gasteiger partial charge in [-0.15, -0.1) is 0 Å². The first-order chi connectivity index (χ1) is 9.13. The number of benzene rings is 2. The van der Waals surface area contributed by atoms with Gasteiger partial charge in [0.15, 0.2) is 0 Å². The minimum atomic E-state index is -0.978. The Labute approximate surface area is 120 Å². The smallest absolute Gasteiger partial charge is 0.143 e. The van der Waals surface area contributed by atoms with E-state index in [4.69, 9.17) is 4.74 Å². The van der Waals surface area contributed by atoms with Crippen molar-refractivity contribution in [2.45, 2.75) is 12.7 Å². The van der Waals surface area contributed by atoms with Gasteiger partial charge in [-0.2, -0.15) is 0 Å². The molecule has 2 rings (SSSR count). The summed E-state index contributed by atoms with van der Waals surface area (Å²) in [4.78, 5) is 0. The lowest BCUT2D eigenvalue weighted by Crippen LogP contribution is -2.03. The number of methoxy groups -OCH3 is 1. The second-order valence-electron chi connectivity index (χ2n) is 4.22. The Morgan fingerprint density at radius 1 is 1.21 bits per heavy atom. The van der Waals surface area contributed by atoms with Crippen molar-refractivity contribution in [3.63, 3.8) is 0 Å². The van der Waals surface area contributed by atoms with Crippen molar-refractivity contribution in [3.05, 3.63) is 69.4 Å². The summed E-state index contributed by atoms with van der Waals surface area (Å²) >= 11 is 3.12. The first-order valence-corrected chi connectivity index (χ1v) is 6.62. The van der Waals surface area contributed by atoms with Crippen molar-refractivity contribution in [2.75, 3.05) is 7.11 Å². The molecule has 0 aliphatic rings. The second-order valence-corrected chi connectivity index (χ2v) is 5.07. The number of halogens is 2. The molecule has 2 aromatic rings.